The van der Waals surface area contributed by atoms with Gasteiger partial charge in [-0.15, -0.1) is 0 Å². The zero-order valence-electron chi connectivity index (χ0n) is 10.5. The lowest BCUT2D eigenvalue weighted by atomic mass is 10.1. The van der Waals surface area contributed by atoms with Crippen molar-refractivity contribution in [2.75, 3.05) is 7.11 Å². The number of rotatable bonds is 4. The zero-order valence-corrected chi connectivity index (χ0v) is 12.1. The van der Waals surface area contributed by atoms with Gasteiger partial charge in [0.1, 0.15) is 5.75 Å². The molecule has 0 atom stereocenters. The van der Waals surface area contributed by atoms with Gasteiger partial charge in [-0.3, -0.25) is 4.79 Å². The zero-order chi connectivity index (χ0) is 13.0. The molecule has 0 unspecified atom stereocenters. The molecule has 98 valence electrons. The Morgan fingerprint density at radius 1 is 1.44 bits per heavy atom. The lowest BCUT2D eigenvalue weighted by Crippen LogP contribution is -2.33. The van der Waals surface area contributed by atoms with Gasteiger partial charge in [0.05, 0.1) is 13.5 Å². The average Bonchev–Trinajstić information content (AvgIpc) is 2.84. The van der Waals surface area contributed by atoms with Crippen LogP contribution in [0.15, 0.2) is 22.7 Å². The van der Waals surface area contributed by atoms with E-state index < -0.39 is 0 Å². The van der Waals surface area contributed by atoms with Crippen molar-refractivity contribution >= 4 is 21.8 Å². The monoisotopic (exact) mass is 311 g/mol. The number of methoxy groups -OCH3 is 1. The number of hydrogen-bond donors (Lipinski definition) is 1. The van der Waals surface area contributed by atoms with E-state index in [4.69, 9.17) is 4.74 Å². The normalized spacial score (nSPS) is 15.7. The third-order valence-electron chi connectivity index (χ3n) is 3.32. The fraction of sp³-hybridized carbons (Fsp3) is 0.500. The molecule has 0 radical (unpaired) electrons. The van der Waals surface area contributed by atoms with Crippen LogP contribution in [0.2, 0.25) is 0 Å². The van der Waals surface area contributed by atoms with Crippen molar-refractivity contribution in [3.05, 3.63) is 28.2 Å². The van der Waals surface area contributed by atoms with E-state index in [1.807, 2.05) is 18.2 Å². The molecular formula is C14H18BrNO2. The highest BCUT2D eigenvalue weighted by Crippen LogP contribution is 2.23. The number of carbonyl (C=O) groups excluding carboxylic acids is 1. The molecule has 0 aromatic heterocycles. The van der Waals surface area contributed by atoms with Gasteiger partial charge in [0.15, 0.2) is 0 Å². The maximum Gasteiger partial charge on any atom is 0.224 e. The van der Waals surface area contributed by atoms with Crippen molar-refractivity contribution < 1.29 is 9.53 Å². The highest BCUT2D eigenvalue weighted by atomic mass is 79.9. The lowest BCUT2D eigenvalue weighted by molar-refractivity contribution is -0.121. The summed E-state index contributed by atoms with van der Waals surface area (Å²) >= 11 is 3.47. The molecule has 1 N–H and O–H groups in total. The SMILES string of the molecule is COc1ccc(Br)c(CC(=O)NC2CCCC2)c1. The van der Waals surface area contributed by atoms with Crippen LogP contribution < -0.4 is 10.1 Å². The first kappa shape index (κ1) is 13.4. The summed E-state index contributed by atoms with van der Waals surface area (Å²) in [5.41, 5.74) is 0.963. The first-order valence-corrected chi connectivity index (χ1v) is 7.10. The van der Waals surface area contributed by atoms with E-state index >= 15 is 0 Å². The van der Waals surface area contributed by atoms with E-state index in [1.165, 1.54) is 12.8 Å². The van der Waals surface area contributed by atoms with E-state index in [0.717, 1.165) is 28.6 Å². The molecule has 1 amide bonds. The standard InChI is InChI=1S/C14H18BrNO2/c1-18-12-6-7-13(15)10(8-12)9-14(17)16-11-4-2-3-5-11/h6-8,11H,2-5,9H2,1H3,(H,16,17). The smallest absolute Gasteiger partial charge is 0.224 e. The second-order valence-corrected chi connectivity index (χ2v) is 5.54. The van der Waals surface area contributed by atoms with Crippen LogP contribution in [0.5, 0.6) is 5.75 Å². The summed E-state index contributed by atoms with van der Waals surface area (Å²) in [6.45, 7) is 0. The van der Waals surface area contributed by atoms with Crippen LogP contribution in [0.1, 0.15) is 31.2 Å². The molecule has 2 rings (SSSR count). The quantitative estimate of drug-likeness (QED) is 0.928. The average molecular weight is 312 g/mol. The van der Waals surface area contributed by atoms with Gasteiger partial charge in [-0.05, 0) is 36.6 Å². The Bertz CT molecular complexity index is 428. The number of benzene rings is 1. The highest BCUT2D eigenvalue weighted by Gasteiger charge is 2.17. The molecule has 1 aliphatic carbocycles. The molecule has 3 nitrogen and oxygen atoms in total. The summed E-state index contributed by atoms with van der Waals surface area (Å²) in [7, 11) is 1.63. The summed E-state index contributed by atoms with van der Waals surface area (Å²) < 4.78 is 6.12. The van der Waals surface area contributed by atoms with Crippen molar-refractivity contribution in [2.45, 2.75) is 38.1 Å². The lowest BCUT2D eigenvalue weighted by Gasteiger charge is -2.13. The van der Waals surface area contributed by atoms with Crippen LogP contribution in [0.25, 0.3) is 0 Å². The summed E-state index contributed by atoms with van der Waals surface area (Å²) in [6.07, 6.45) is 5.09. The van der Waals surface area contributed by atoms with E-state index in [-0.39, 0.29) is 5.91 Å². The van der Waals surface area contributed by atoms with Gasteiger partial charge < -0.3 is 10.1 Å². The van der Waals surface area contributed by atoms with Gasteiger partial charge in [-0.2, -0.15) is 0 Å². The van der Waals surface area contributed by atoms with Crippen LogP contribution in [0.3, 0.4) is 0 Å². The molecule has 1 fully saturated rings. The number of nitrogens with one attached hydrogen (secondary N) is 1. The summed E-state index contributed by atoms with van der Waals surface area (Å²) in [4.78, 5) is 11.9. The Hall–Kier alpha value is -1.03. The highest BCUT2D eigenvalue weighted by molar-refractivity contribution is 9.10. The van der Waals surface area contributed by atoms with Gasteiger partial charge in [-0.1, -0.05) is 28.8 Å². The molecule has 1 aromatic rings. The van der Waals surface area contributed by atoms with E-state index in [2.05, 4.69) is 21.2 Å². The number of carbonyl (C=O) groups is 1. The second kappa shape index (κ2) is 6.23. The second-order valence-electron chi connectivity index (χ2n) is 4.68. The number of halogens is 1. The minimum absolute atomic E-state index is 0.0934. The van der Waals surface area contributed by atoms with Gasteiger partial charge in [0.25, 0.3) is 0 Å². The fourth-order valence-electron chi connectivity index (χ4n) is 2.34. The maximum absolute atomic E-state index is 11.9. The molecule has 18 heavy (non-hydrogen) atoms. The van der Waals surface area contributed by atoms with Crippen LogP contribution in [0.4, 0.5) is 0 Å². The summed E-state index contributed by atoms with van der Waals surface area (Å²) in [6, 6.07) is 6.07. The summed E-state index contributed by atoms with van der Waals surface area (Å²) in [5.74, 6) is 0.873. The van der Waals surface area contributed by atoms with Gasteiger partial charge in [0, 0.05) is 10.5 Å². The van der Waals surface area contributed by atoms with Crippen LogP contribution in [0, 0.1) is 0 Å². The largest absolute Gasteiger partial charge is 0.497 e. The Labute approximate surface area is 116 Å². The predicted octanol–water partition coefficient (Wildman–Crippen LogP) is 3.06. The number of hydrogen-bond acceptors (Lipinski definition) is 2. The van der Waals surface area contributed by atoms with E-state index in [9.17, 15) is 4.79 Å². The van der Waals surface area contributed by atoms with E-state index in [0.29, 0.717) is 12.5 Å². The van der Waals surface area contributed by atoms with Crippen molar-refractivity contribution in [1.82, 2.24) is 5.32 Å². The number of amides is 1. The Morgan fingerprint density at radius 2 is 2.17 bits per heavy atom. The Balaban J connectivity index is 1.97. The van der Waals surface area contributed by atoms with Crippen molar-refractivity contribution in [3.63, 3.8) is 0 Å². The first-order chi connectivity index (χ1) is 8.69. The minimum Gasteiger partial charge on any atom is -0.497 e. The Kier molecular flexibility index (Phi) is 4.64. The van der Waals surface area contributed by atoms with Crippen molar-refractivity contribution in [2.24, 2.45) is 0 Å². The van der Waals surface area contributed by atoms with Gasteiger partial charge in [0.2, 0.25) is 5.91 Å². The molecule has 0 heterocycles. The van der Waals surface area contributed by atoms with E-state index in [1.54, 1.807) is 7.11 Å². The molecular weight excluding hydrogens is 294 g/mol. The van der Waals surface area contributed by atoms with Crippen LogP contribution in [-0.2, 0) is 11.2 Å². The predicted molar refractivity (Wildman–Crippen MR) is 74.8 cm³/mol. The molecule has 1 saturated carbocycles. The third kappa shape index (κ3) is 3.48. The first-order valence-electron chi connectivity index (χ1n) is 6.31. The fourth-order valence-corrected chi connectivity index (χ4v) is 2.72. The van der Waals surface area contributed by atoms with Crippen molar-refractivity contribution in [3.8, 4) is 5.75 Å². The molecule has 1 aromatic carbocycles. The molecule has 1 aliphatic rings. The minimum atomic E-state index is 0.0934. The molecule has 0 saturated heterocycles. The maximum atomic E-state index is 11.9. The molecule has 0 spiro atoms. The summed E-state index contributed by atoms with van der Waals surface area (Å²) in [5, 5.41) is 3.09. The molecule has 0 bridgehead atoms. The molecule has 0 aliphatic heterocycles. The number of ether oxygens (including phenoxy) is 1. The Morgan fingerprint density at radius 3 is 2.83 bits per heavy atom. The van der Waals surface area contributed by atoms with Gasteiger partial charge >= 0.3 is 0 Å². The van der Waals surface area contributed by atoms with Crippen LogP contribution >= 0.6 is 15.9 Å². The molecule has 4 heteroatoms. The van der Waals surface area contributed by atoms with Crippen molar-refractivity contribution in [1.29, 1.82) is 0 Å². The van der Waals surface area contributed by atoms with Crippen LogP contribution in [-0.4, -0.2) is 19.1 Å². The topological polar surface area (TPSA) is 38.3 Å². The third-order valence-corrected chi connectivity index (χ3v) is 4.10. The van der Waals surface area contributed by atoms with Gasteiger partial charge in [-0.25, -0.2) is 0 Å².